The minimum Gasteiger partial charge on any atom is -0.349 e. The predicted octanol–water partition coefficient (Wildman–Crippen LogP) is 2.67. The number of fused-ring (bicyclic) bond motifs is 1. The summed E-state index contributed by atoms with van der Waals surface area (Å²) in [5, 5.41) is 6.06. The van der Waals surface area contributed by atoms with Crippen LogP contribution in [0, 0.1) is 5.92 Å². The Hall–Kier alpha value is -1.85. The van der Waals surface area contributed by atoms with Gasteiger partial charge in [0, 0.05) is 19.1 Å². The molecule has 2 aliphatic rings. The first-order valence-corrected chi connectivity index (χ1v) is 9.74. The van der Waals surface area contributed by atoms with E-state index in [1.54, 1.807) is 0 Å². The highest BCUT2D eigenvalue weighted by molar-refractivity contribution is 5.97. The second-order valence-electron chi connectivity index (χ2n) is 7.73. The van der Waals surface area contributed by atoms with Gasteiger partial charge in [0.15, 0.2) is 5.82 Å². The summed E-state index contributed by atoms with van der Waals surface area (Å²) in [6.07, 6.45) is 8.28. The van der Waals surface area contributed by atoms with Gasteiger partial charge in [0.05, 0.1) is 5.69 Å². The molecule has 25 heavy (non-hydrogen) atoms. The van der Waals surface area contributed by atoms with Crippen LogP contribution in [0.1, 0.15) is 85.6 Å². The highest BCUT2D eigenvalue weighted by atomic mass is 16.2. The van der Waals surface area contributed by atoms with E-state index in [0.717, 1.165) is 50.8 Å². The molecular formula is C19H30N4O2. The van der Waals surface area contributed by atoms with Crippen LogP contribution in [0.2, 0.25) is 0 Å². The minimum atomic E-state index is -0.163. The maximum absolute atomic E-state index is 12.7. The Morgan fingerprint density at radius 2 is 1.92 bits per heavy atom. The lowest BCUT2D eigenvalue weighted by molar-refractivity contribution is 0.0931. The van der Waals surface area contributed by atoms with E-state index in [1.165, 1.54) is 12.8 Å². The standard InChI is InChI=1S/C19H30N4O2/c1-13(2)10-11-20-19(25)17-22-16(15-9-5-6-12-23(15)17)18(24)21-14-7-3-4-8-14/h13-14H,3-12H2,1-2H3,(H,20,25)(H,21,24). The monoisotopic (exact) mass is 346 g/mol. The second-order valence-corrected chi connectivity index (χ2v) is 7.73. The van der Waals surface area contributed by atoms with Gasteiger partial charge >= 0.3 is 0 Å². The summed E-state index contributed by atoms with van der Waals surface area (Å²) in [5.74, 6) is 0.666. The van der Waals surface area contributed by atoms with E-state index < -0.39 is 0 Å². The molecule has 138 valence electrons. The third-order valence-electron chi connectivity index (χ3n) is 5.23. The molecule has 3 rings (SSSR count). The number of carbonyl (C=O) groups is 2. The molecule has 0 bridgehead atoms. The maximum atomic E-state index is 12.7. The van der Waals surface area contributed by atoms with Gasteiger partial charge in [-0.05, 0) is 44.4 Å². The third-order valence-corrected chi connectivity index (χ3v) is 5.23. The fourth-order valence-corrected chi connectivity index (χ4v) is 3.78. The van der Waals surface area contributed by atoms with Crippen LogP contribution in [0.4, 0.5) is 0 Å². The van der Waals surface area contributed by atoms with Gasteiger partial charge < -0.3 is 15.2 Å². The maximum Gasteiger partial charge on any atom is 0.287 e. The lowest BCUT2D eigenvalue weighted by Crippen LogP contribution is -2.33. The van der Waals surface area contributed by atoms with Gasteiger partial charge in [0.1, 0.15) is 5.69 Å². The van der Waals surface area contributed by atoms with Crippen LogP contribution in [0.5, 0.6) is 0 Å². The van der Waals surface area contributed by atoms with Crippen molar-refractivity contribution in [1.82, 2.24) is 20.2 Å². The van der Waals surface area contributed by atoms with Crippen molar-refractivity contribution in [1.29, 1.82) is 0 Å². The zero-order valence-electron chi connectivity index (χ0n) is 15.4. The van der Waals surface area contributed by atoms with Gasteiger partial charge in [-0.1, -0.05) is 26.7 Å². The molecular weight excluding hydrogens is 316 g/mol. The summed E-state index contributed by atoms with van der Waals surface area (Å²) in [4.78, 5) is 29.7. The zero-order chi connectivity index (χ0) is 17.8. The molecule has 1 aliphatic heterocycles. The molecule has 6 heteroatoms. The van der Waals surface area contributed by atoms with Gasteiger partial charge in [-0.15, -0.1) is 0 Å². The van der Waals surface area contributed by atoms with Crippen LogP contribution in [-0.2, 0) is 13.0 Å². The first kappa shape index (κ1) is 18.0. The van der Waals surface area contributed by atoms with Crippen LogP contribution in [0.3, 0.4) is 0 Å². The Morgan fingerprint density at radius 1 is 1.16 bits per heavy atom. The summed E-state index contributed by atoms with van der Waals surface area (Å²) in [5.41, 5.74) is 1.39. The summed E-state index contributed by atoms with van der Waals surface area (Å²) in [6, 6.07) is 0.261. The van der Waals surface area contributed by atoms with Crippen molar-refractivity contribution in [2.75, 3.05) is 6.54 Å². The molecule has 0 atom stereocenters. The molecule has 0 unspecified atom stereocenters. The smallest absolute Gasteiger partial charge is 0.287 e. The lowest BCUT2D eigenvalue weighted by Gasteiger charge is -2.17. The third kappa shape index (κ3) is 4.22. The van der Waals surface area contributed by atoms with E-state index in [1.807, 2.05) is 4.57 Å². The van der Waals surface area contributed by atoms with Crippen molar-refractivity contribution in [3.63, 3.8) is 0 Å². The number of imidazole rings is 1. The number of carbonyl (C=O) groups excluding carboxylic acids is 2. The molecule has 1 aromatic rings. The zero-order valence-corrected chi connectivity index (χ0v) is 15.4. The molecule has 2 amide bonds. The summed E-state index contributed by atoms with van der Waals surface area (Å²) in [7, 11) is 0. The van der Waals surface area contributed by atoms with E-state index in [2.05, 4.69) is 29.5 Å². The molecule has 0 radical (unpaired) electrons. The van der Waals surface area contributed by atoms with Crippen molar-refractivity contribution in [2.45, 2.75) is 77.8 Å². The summed E-state index contributed by atoms with van der Waals surface area (Å²) >= 11 is 0. The highest BCUT2D eigenvalue weighted by Gasteiger charge is 2.28. The molecule has 0 saturated heterocycles. The highest BCUT2D eigenvalue weighted by Crippen LogP contribution is 2.23. The van der Waals surface area contributed by atoms with Gasteiger partial charge in [-0.2, -0.15) is 0 Å². The van der Waals surface area contributed by atoms with E-state index in [4.69, 9.17) is 0 Å². The van der Waals surface area contributed by atoms with Crippen molar-refractivity contribution >= 4 is 11.8 Å². The van der Waals surface area contributed by atoms with Crippen LogP contribution < -0.4 is 10.6 Å². The molecule has 2 heterocycles. The normalized spacial score (nSPS) is 17.6. The fourth-order valence-electron chi connectivity index (χ4n) is 3.78. The number of hydrogen-bond donors (Lipinski definition) is 2. The van der Waals surface area contributed by atoms with E-state index in [0.29, 0.717) is 24.0 Å². The lowest BCUT2D eigenvalue weighted by atomic mass is 10.1. The molecule has 1 saturated carbocycles. The number of amides is 2. The summed E-state index contributed by atoms with van der Waals surface area (Å²) < 4.78 is 1.96. The molecule has 0 spiro atoms. The Balaban J connectivity index is 1.76. The topological polar surface area (TPSA) is 76.0 Å². The molecule has 0 aromatic carbocycles. The average Bonchev–Trinajstić information content (AvgIpc) is 3.21. The largest absolute Gasteiger partial charge is 0.349 e. The Bertz CT molecular complexity index is 630. The van der Waals surface area contributed by atoms with Crippen molar-refractivity contribution in [3.8, 4) is 0 Å². The van der Waals surface area contributed by atoms with Gasteiger partial charge in [-0.25, -0.2) is 4.98 Å². The SMILES string of the molecule is CC(C)CCNC(=O)c1nc(C(=O)NC2CCCC2)c2n1CCCC2. The molecule has 6 nitrogen and oxygen atoms in total. The Labute approximate surface area is 149 Å². The molecule has 2 N–H and O–H groups in total. The van der Waals surface area contributed by atoms with E-state index >= 15 is 0 Å². The molecule has 1 aliphatic carbocycles. The Morgan fingerprint density at radius 3 is 2.64 bits per heavy atom. The number of hydrogen-bond acceptors (Lipinski definition) is 3. The van der Waals surface area contributed by atoms with Gasteiger partial charge in [0.2, 0.25) is 0 Å². The minimum absolute atomic E-state index is 0.112. The van der Waals surface area contributed by atoms with Crippen molar-refractivity contribution in [3.05, 3.63) is 17.2 Å². The van der Waals surface area contributed by atoms with Crippen LogP contribution in [-0.4, -0.2) is 34.0 Å². The second kappa shape index (κ2) is 8.02. The fraction of sp³-hybridized carbons (Fsp3) is 0.737. The first-order chi connectivity index (χ1) is 12.1. The van der Waals surface area contributed by atoms with Gasteiger partial charge in [0.25, 0.3) is 11.8 Å². The number of rotatable bonds is 6. The number of nitrogens with zero attached hydrogens (tertiary/aromatic N) is 2. The van der Waals surface area contributed by atoms with Crippen LogP contribution in [0.25, 0.3) is 0 Å². The number of nitrogens with one attached hydrogen (secondary N) is 2. The first-order valence-electron chi connectivity index (χ1n) is 9.74. The number of aromatic nitrogens is 2. The summed E-state index contributed by atoms with van der Waals surface area (Å²) in [6.45, 7) is 5.68. The Kier molecular flexibility index (Phi) is 5.76. The molecule has 1 fully saturated rings. The van der Waals surface area contributed by atoms with Gasteiger partial charge in [-0.3, -0.25) is 9.59 Å². The quantitative estimate of drug-likeness (QED) is 0.831. The average molecular weight is 346 g/mol. The van der Waals surface area contributed by atoms with Crippen LogP contribution in [0.15, 0.2) is 0 Å². The molecule has 1 aromatic heterocycles. The van der Waals surface area contributed by atoms with E-state index in [-0.39, 0.29) is 17.9 Å². The van der Waals surface area contributed by atoms with E-state index in [9.17, 15) is 9.59 Å². The van der Waals surface area contributed by atoms with Crippen molar-refractivity contribution < 1.29 is 9.59 Å². The van der Waals surface area contributed by atoms with Crippen molar-refractivity contribution in [2.24, 2.45) is 5.92 Å². The van der Waals surface area contributed by atoms with Crippen LogP contribution >= 0.6 is 0 Å². The predicted molar refractivity (Wildman–Crippen MR) is 96.7 cm³/mol.